The van der Waals surface area contributed by atoms with Crippen LogP contribution in [0.25, 0.3) is 93.1 Å². The molecule has 0 atom stereocenters. The minimum atomic E-state index is -0.0142. The van der Waals surface area contributed by atoms with E-state index in [9.17, 15) is 4.79 Å². The molecule has 0 radical (unpaired) electrons. The molecule has 0 saturated heterocycles. The predicted octanol–water partition coefficient (Wildman–Crippen LogP) is 12.6. The number of aromatic nitrogens is 1. The second-order valence-corrected chi connectivity index (χ2v) is 13.2. The van der Waals surface area contributed by atoms with Crippen LogP contribution in [0.4, 0.5) is 0 Å². The van der Waals surface area contributed by atoms with Crippen LogP contribution >= 0.6 is 0 Å². The van der Waals surface area contributed by atoms with Gasteiger partial charge in [-0.3, -0.25) is 9.36 Å². The number of nitrogens with zero attached hydrogens (tertiary/aromatic N) is 1. The lowest BCUT2D eigenvalue weighted by Gasteiger charge is -2.19. The summed E-state index contributed by atoms with van der Waals surface area (Å²) in [6.45, 7) is 0. The first-order chi connectivity index (χ1) is 25.2. The zero-order valence-corrected chi connectivity index (χ0v) is 27.8. The van der Waals surface area contributed by atoms with Gasteiger partial charge < -0.3 is 0 Å². The molecule has 0 aliphatic rings. The number of hydrogen-bond acceptors (Lipinski definition) is 1. The lowest BCUT2D eigenvalue weighted by Crippen LogP contribution is -2.19. The Morgan fingerprint density at radius 3 is 1.51 bits per heavy atom. The standard InChI is InChI=1S/C49H31NO/c51-49-43-22-12-9-19-39(43)44-30-37(25-28-46(44)50(49)38-26-23-32-13-7-8-18-35(32)29-38)36-24-27-42-45(31-36)48(34-16-5-2-6-17-34)41-21-11-10-20-40(41)47(42)33-14-3-1-4-15-33/h1-31H. The largest absolute Gasteiger partial charge is 0.276 e. The van der Waals surface area contributed by atoms with Gasteiger partial charge in [-0.25, -0.2) is 0 Å². The molecule has 2 nitrogen and oxygen atoms in total. The summed E-state index contributed by atoms with van der Waals surface area (Å²) in [7, 11) is 0. The topological polar surface area (TPSA) is 22.0 Å². The van der Waals surface area contributed by atoms with E-state index >= 15 is 0 Å². The van der Waals surface area contributed by atoms with E-state index < -0.39 is 0 Å². The van der Waals surface area contributed by atoms with E-state index in [-0.39, 0.29) is 5.56 Å². The Hall–Kier alpha value is -6.77. The summed E-state index contributed by atoms with van der Waals surface area (Å²) in [5, 5.41) is 9.87. The summed E-state index contributed by atoms with van der Waals surface area (Å²) < 4.78 is 1.88. The van der Waals surface area contributed by atoms with Crippen LogP contribution in [0, 0.1) is 0 Å². The molecule has 0 aliphatic heterocycles. The molecular formula is C49H31NO. The minimum Gasteiger partial charge on any atom is -0.276 e. The van der Waals surface area contributed by atoms with Gasteiger partial charge in [0.25, 0.3) is 5.56 Å². The Morgan fingerprint density at radius 2 is 0.824 bits per heavy atom. The van der Waals surface area contributed by atoms with E-state index in [2.05, 4.69) is 158 Å². The molecule has 10 aromatic rings. The minimum absolute atomic E-state index is 0.0142. The first-order valence-corrected chi connectivity index (χ1v) is 17.4. The van der Waals surface area contributed by atoms with Crippen LogP contribution in [-0.2, 0) is 0 Å². The fraction of sp³-hybridized carbons (Fsp3) is 0. The molecule has 1 aromatic heterocycles. The number of fused-ring (bicyclic) bond motifs is 6. The fourth-order valence-corrected chi connectivity index (χ4v) is 8.02. The van der Waals surface area contributed by atoms with Crippen LogP contribution in [-0.4, -0.2) is 4.57 Å². The van der Waals surface area contributed by atoms with Crippen molar-refractivity contribution in [1.82, 2.24) is 4.57 Å². The normalized spacial score (nSPS) is 11.6. The van der Waals surface area contributed by atoms with Gasteiger partial charge in [0.1, 0.15) is 0 Å². The summed E-state index contributed by atoms with van der Waals surface area (Å²) in [6.07, 6.45) is 0. The molecule has 2 heteroatoms. The van der Waals surface area contributed by atoms with Gasteiger partial charge in [-0.05, 0) is 107 Å². The third-order valence-corrected chi connectivity index (χ3v) is 10.4. The molecule has 10 rings (SSSR count). The maximum Gasteiger partial charge on any atom is 0.263 e. The Labute approximate surface area is 295 Å². The SMILES string of the molecule is O=c1c2ccccc2c2cc(-c3ccc4c(-c5ccccc5)c5ccccc5c(-c5ccccc5)c4c3)ccc2n1-c1ccc2ccccc2c1. The maximum absolute atomic E-state index is 14.2. The van der Waals surface area contributed by atoms with Crippen LogP contribution in [0.5, 0.6) is 0 Å². The van der Waals surface area contributed by atoms with E-state index in [0.29, 0.717) is 5.39 Å². The molecule has 0 saturated carbocycles. The maximum atomic E-state index is 14.2. The van der Waals surface area contributed by atoms with Crippen molar-refractivity contribution in [2.75, 3.05) is 0 Å². The summed E-state index contributed by atoms with van der Waals surface area (Å²) >= 11 is 0. The van der Waals surface area contributed by atoms with E-state index in [1.807, 2.05) is 34.9 Å². The van der Waals surface area contributed by atoms with Gasteiger partial charge >= 0.3 is 0 Å². The quantitative estimate of drug-likeness (QED) is 0.137. The molecule has 0 N–H and O–H groups in total. The molecule has 0 spiro atoms. The molecule has 0 fully saturated rings. The molecule has 0 amide bonds. The van der Waals surface area contributed by atoms with Gasteiger partial charge in [0.05, 0.1) is 5.52 Å². The predicted molar refractivity (Wildman–Crippen MR) is 216 cm³/mol. The Morgan fingerprint density at radius 1 is 0.314 bits per heavy atom. The zero-order chi connectivity index (χ0) is 33.9. The van der Waals surface area contributed by atoms with E-state index in [1.165, 1.54) is 43.8 Å². The van der Waals surface area contributed by atoms with Crippen molar-refractivity contribution in [3.63, 3.8) is 0 Å². The number of hydrogen-bond donors (Lipinski definition) is 0. The summed E-state index contributed by atoms with van der Waals surface area (Å²) in [6, 6.07) is 66.2. The monoisotopic (exact) mass is 649 g/mol. The first kappa shape index (κ1) is 29.2. The van der Waals surface area contributed by atoms with E-state index in [4.69, 9.17) is 0 Å². The molecule has 1 heterocycles. The van der Waals surface area contributed by atoms with Crippen molar-refractivity contribution in [3.8, 4) is 39.1 Å². The summed E-state index contributed by atoms with van der Waals surface area (Å²) in [4.78, 5) is 14.2. The van der Waals surface area contributed by atoms with Crippen LogP contribution < -0.4 is 5.56 Å². The Balaban J connectivity index is 1.26. The van der Waals surface area contributed by atoms with Crippen molar-refractivity contribution in [1.29, 1.82) is 0 Å². The lowest BCUT2D eigenvalue weighted by atomic mass is 9.85. The van der Waals surface area contributed by atoms with E-state index in [0.717, 1.165) is 43.9 Å². The zero-order valence-electron chi connectivity index (χ0n) is 27.8. The summed E-state index contributed by atoms with van der Waals surface area (Å²) in [5.74, 6) is 0. The average Bonchev–Trinajstić information content (AvgIpc) is 3.20. The van der Waals surface area contributed by atoms with Crippen molar-refractivity contribution in [2.24, 2.45) is 0 Å². The Kier molecular flexibility index (Phi) is 6.68. The third kappa shape index (κ3) is 4.69. The van der Waals surface area contributed by atoms with Crippen LogP contribution in [0.2, 0.25) is 0 Å². The van der Waals surface area contributed by atoms with Gasteiger partial charge in [0, 0.05) is 16.5 Å². The molecule has 0 aliphatic carbocycles. The highest BCUT2D eigenvalue weighted by Crippen LogP contribution is 2.45. The average molecular weight is 650 g/mol. The van der Waals surface area contributed by atoms with Gasteiger partial charge in [-0.1, -0.05) is 152 Å². The van der Waals surface area contributed by atoms with Gasteiger partial charge in [-0.2, -0.15) is 0 Å². The molecule has 0 unspecified atom stereocenters. The van der Waals surface area contributed by atoms with E-state index in [1.54, 1.807) is 0 Å². The third-order valence-electron chi connectivity index (χ3n) is 10.4. The van der Waals surface area contributed by atoms with Crippen LogP contribution in [0.15, 0.2) is 193 Å². The van der Waals surface area contributed by atoms with Gasteiger partial charge in [0.15, 0.2) is 0 Å². The summed E-state index contributed by atoms with van der Waals surface area (Å²) in [5.41, 5.74) is 8.85. The second kappa shape index (κ2) is 11.7. The molecular weight excluding hydrogens is 619 g/mol. The number of rotatable bonds is 4. The lowest BCUT2D eigenvalue weighted by molar-refractivity contribution is 1.06. The van der Waals surface area contributed by atoms with Crippen molar-refractivity contribution in [3.05, 3.63) is 198 Å². The smallest absolute Gasteiger partial charge is 0.263 e. The molecule has 9 aromatic carbocycles. The second-order valence-electron chi connectivity index (χ2n) is 13.2. The van der Waals surface area contributed by atoms with Crippen molar-refractivity contribution < 1.29 is 0 Å². The molecule has 51 heavy (non-hydrogen) atoms. The van der Waals surface area contributed by atoms with Crippen molar-refractivity contribution >= 4 is 54.0 Å². The molecule has 238 valence electrons. The highest BCUT2D eigenvalue weighted by molar-refractivity contribution is 6.22. The Bertz CT molecular complexity index is 3030. The van der Waals surface area contributed by atoms with Crippen molar-refractivity contribution in [2.45, 2.75) is 0 Å². The molecule has 0 bridgehead atoms. The number of pyridine rings is 1. The van der Waals surface area contributed by atoms with Gasteiger partial charge in [0.2, 0.25) is 0 Å². The highest BCUT2D eigenvalue weighted by atomic mass is 16.1. The fourth-order valence-electron chi connectivity index (χ4n) is 8.02. The van der Waals surface area contributed by atoms with Crippen LogP contribution in [0.3, 0.4) is 0 Å². The van der Waals surface area contributed by atoms with Gasteiger partial charge in [-0.15, -0.1) is 0 Å². The van der Waals surface area contributed by atoms with Crippen LogP contribution in [0.1, 0.15) is 0 Å². The first-order valence-electron chi connectivity index (χ1n) is 17.4. The highest BCUT2D eigenvalue weighted by Gasteiger charge is 2.18. The number of benzene rings is 9.